The van der Waals surface area contributed by atoms with Crippen LogP contribution in [0.3, 0.4) is 0 Å². The Morgan fingerprint density at radius 3 is 2.10 bits per heavy atom. The largest absolute Gasteiger partial charge is 0.493 e. The Hall–Kier alpha value is -6.77. The zero-order chi connectivity index (χ0) is 57.6. The first-order valence-electron chi connectivity index (χ1n) is 26.5. The van der Waals surface area contributed by atoms with Gasteiger partial charge in [-0.05, 0) is 98.6 Å². The van der Waals surface area contributed by atoms with Crippen LogP contribution in [0.5, 0.6) is 5.75 Å². The summed E-state index contributed by atoms with van der Waals surface area (Å²) in [6.45, 7) is 16.0. The van der Waals surface area contributed by atoms with Crippen LogP contribution in [0.4, 0.5) is 26.8 Å². The van der Waals surface area contributed by atoms with Crippen molar-refractivity contribution in [2.24, 2.45) is 5.92 Å². The van der Waals surface area contributed by atoms with E-state index in [1.807, 2.05) is 56.3 Å². The smallest absolute Gasteiger partial charge is 0.335 e. The van der Waals surface area contributed by atoms with E-state index < -0.39 is 31.9 Å². The number of amides is 4. The lowest BCUT2D eigenvalue weighted by molar-refractivity contribution is 0.0818. The number of nitrogens with zero attached hydrogens (tertiary/aromatic N) is 3. The molecule has 4 amide bonds. The molecule has 0 aliphatic carbocycles. The number of anilines is 3. The number of ether oxygens (including phenoxy) is 2. The molecule has 4 aromatic carbocycles. The quantitative estimate of drug-likeness (QED) is 0.00960. The molecule has 0 saturated carbocycles. The molecular formula is C57H78N10O8S4. The number of hydrazine groups is 2. The number of carbonyl (C=O) groups is 2. The second-order valence-electron chi connectivity index (χ2n) is 18.8. The summed E-state index contributed by atoms with van der Waals surface area (Å²) in [5.74, 6) is 1.48. The predicted octanol–water partition coefficient (Wildman–Crippen LogP) is 12.9. The van der Waals surface area contributed by atoms with Gasteiger partial charge >= 0.3 is 12.1 Å². The zero-order valence-electron chi connectivity index (χ0n) is 46.3. The third-order valence-corrected chi connectivity index (χ3v) is 15.8. The predicted molar refractivity (Wildman–Crippen MR) is 323 cm³/mol. The van der Waals surface area contributed by atoms with Crippen molar-refractivity contribution in [3.8, 4) is 32.8 Å². The van der Waals surface area contributed by atoms with Crippen LogP contribution in [0.1, 0.15) is 114 Å². The number of aryl methyl sites for hydroxylation is 2. The zero-order valence-corrected chi connectivity index (χ0v) is 49.6. The fourth-order valence-corrected chi connectivity index (χ4v) is 11.4. The molecule has 1 atom stereocenters. The molecule has 0 aliphatic rings. The van der Waals surface area contributed by atoms with Gasteiger partial charge in [-0.15, -0.1) is 24.5 Å². The summed E-state index contributed by atoms with van der Waals surface area (Å²) in [6.07, 6.45) is 17.8. The number of sulfone groups is 1. The van der Waals surface area contributed by atoms with E-state index in [-0.39, 0.29) is 28.7 Å². The molecule has 0 radical (unpaired) electrons. The number of thiazole rings is 1. The molecule has 7 N–H and O–H groups in total. The number of fused-ring (bicyclic) bond motifs is 1. The second kappa shape index (κ2) is 34.3. The average Bonchev–Trinajstić information content (AvgIpc) is 4.21. The number of nitriles is 1. The van der Waals surface area contributed by atoms with E-state index in [1.165, 1.54) is 81.1 Å². The van der Waals surface area contributed by atoms with Crippen molar-refractivity contribution in [2.45, 2.75) is 116 Å². The maximum absolute atomic E-state index is 12.6. The van der Waals surface area contributed by atoms with Crippen LogP contribution >= 0.6 is 22.9 Å². The first-order valence-corrected chi connectivity index (χ1v) is 31.9. The number of unbranched alkanes of at least 4 members (excludes halogenated alkanes) is 8. The minimum absolute atomic E-state index is 0.0800. The molecule has 18 nitrogen and oxygen atoms in total. The van der Waals surface area contributed by atoms with E-state index in [4.69, 9.17) is 9.47 Å². The van der Waals surface area contributed by atoms with Gasteiger partial charge in [0.05, 0.1) is 50.8 Å². The molecule has 22 heteroatoms. The number of para-hydroxylation sites is 2. The van der Waals surface area contributed by atoms with E-state index >= 15 is 0 Å². The summed E-state index contributed by atoms with van der Waals surface area (Å²) in [5, 5.41) is 15.8. The highest BCUT2D eigenvalue weighted by Gasteiger charge is 2.21. The van der Waals surface area contributed by atoms with Crippen LogP contribution in [0, 0.1) is 31.1 Å². The highest BCUT2D eigenvalue weighted by Crippen LogP contribution is 2.37. The van der Waals surface area contributed by atoms with Gasteiger partial charge in [0.15, 0.2) is 15.7 Å². The Morgan fingerprint density at radius 1 is 0.759 bits per heavy atom. The van der Waals surface area contributed by atoms with Crippen LogP contribution in [-0.4, -0.2) is 77.3 Å². The van der Waals surface area contributed by atoms with Crippen LogP contribution in [0.15, 0.2) is 103 Å². The van der Waals surface area contributed by atoms with E-state index in [9.17, 15) is 31.7 Å². The van der Waals surface area contributed by atoms with Crippen molar-refractivity contribution in [1.82, 2.24) is 30.8 Å². The number of benzene rings is 4. The van der Waals surface area contributed by atoms with Gasteiger partial charge in [-0.25, -0.2) is 31.4 Å². The highest BCUT2D eigenvalue weighted by atomic mass is 32.2. The van der Waals surface area contributed by atoms with Crippen molar-refractivity contribution in [3.05, 3.63) is 115 Å². The molecule has 0 spiro atoms. The number of aromatic nitrogens is 2. The summed E-state index contributed by atoms with van der Waals surface area (Å²) in [7, 11) is -7.09. The summed E-state index contributed by atoms with van der Waals surface area (Å²) >= 11 is 2.51. The second-order valence-corrected chi connectivity index (χ2v) is 24.3. The first kappa shape index (κ1) is 64.8. The minimum atomic E-state index is -3.58. The number of hydrogen-bond acceptors (Lipinski definition) is 15. The highest BCUT2D eigenvalue weighted by molar-refractivity contribution is 7.92. The van der Waals surface area contributed by atoms with Gasteiger partial charge in [0.25, 0.3) is 0 Å². The van der Waals surface area contributed by atoms with Gasteiger partial charge in [0.1, 0.15) is 29.1 Å². The van der Waals surface area contributed by atoms with Gasteiger partial charge in [-0.1, -0.05) is 126 Å². The van der Waals surface area contributed by atoms with Gasteiger partial charge in [0.2, 0.25) is 10.0 Å². The van der Waals surface area contributed by atoms with Crippen molar-refractivity contribution in [2.75, 3.05) is 54.6 Å². The minimum Gasteiger partial charge on any atom is -0.493 e. The molecular weight excluding hydrogens is 1080 g/mol. The lowest BCUT2D eigenvalue weighted by Crippen LogP contribution is -2.40. The Morgan fingerprint density at radius 2 is 1.42 bits per heavy atom. The fourth-order valence-electron chi connectivity index (χ4n) is 8.17. The molecule has 428 valence electrons. The van der Waals surface area contributed by atoms with Crippen molar-refractivity contribution < 1.29 is 35.9 Å². The summed E-state index contributed by atoms with van der Waals surface area (Å²) < 4.78 is 67.8. The van der Waals surface area contributed by atoms with E-state index in [0.29, 0.717) is 53.8 Å². The van der Waals surface area contributed by atoms with E-state index in [0.717, 1.165) is 63.4 Å². The molecule has 2 heterocycles. The third kappa shape index (κ3) is 22.9. The van der Waals surface area contributed by atoms with Gasteiger partial charge in [-0.3, -0.25) is 26.4 Å². The lowest BCUT2D eigenvalue weighted by Gasteiger charge is -2.18. The fraction of sp³-hybridized carbons (Fsp3) is 0.421. The van der Waals surface area contributed by atoms with Crippen LogP contribution < -0.4 is 41.8 Å². The number of nitrogens with one attached hydrogen (secondary N) is 7. The van der Waals surface area contributed by atoms with E-state index in [1.54, 1.807) is 42.5 Å². The number of hydrogen-bond donors (Lipinski definition) is 7. The van der Waals surface area contributed by atoms with Crippen molar-refractivity contribution in [1.29, 1.82) is 5.26 Å². The lowest BCUT2D eigenvalue weighted by atomic mass is 9.95. The molecule has 2 aromatic heterocycles. The molecule has 79 heavy (non-hydrogen) atoms. The van der Waals surface area contributed by atoms with Gasteiger partial charge in [0, 0.05) is 23.9 Å². The topological polar surface area (TPSA) is 255 Å². The van der Waals surface area contributed by atoms with Gasteiger partial charge in [-0.2, -0.15) is 9.64 Å². The van der Waals surface area contributed by atoms with E-state index in [2.05, 4.69) is 79.5 Å². The Labute approximate surface area is 475 Å². The molecule has 0 fully saturated rings. The number of carbonyl (C=O) groups excluding carboxylic acids is 2. The van der Waals surface area contributed by atoms with Crippen molar-refractivity contribution in [3.63, 3.8) is 0 Å². The van der Waals surface area contributed by atoms with Crippen LogP contribution in [-0.2, 0) is 24.6 Å². The molecule has 1 unspecified atom stereocenters. The number of rotatable bonds is 30. The third-order valence-electron chi connectivity index (χ3n) is 12.1. The maximum atomic E-state index is 12.6. The van der Waals surface area contributed by atoms with Crippen LogP contribution in [0.25, 0.3) is 31.2 Å². The average molecular weight is 1160 g/mol. The van der Waals surface area contributed by atoms with Crippen LogP contribution in [0.2, 0.25) is 0 Å². The summed E-state index contributed by atoms with van der Waals surface area (Å²) in [5.41, 5.74) is 15.5. The Bertz CT molecular complexity index is 3090. The molecule has 0 bridgehead atoms. The maximum Gasteiger partial charge on any atom is 0.335 e. The normalized spacial score (nSPS) is 11.4. The monoisotopic (exact) mass is 1160 g/mol. The summed E-state index contributed by atoms with van der Waals surface area (Å²) in [6, 6.07) is 26.5. The standard InChI is InChI=1S/C32H48N4O4S2.C23H26N6O4S2.C2H4/c1-4-6-8-10-11-13-17-25(16-12-9-7-5-2)23-40-24-33-32(37)36-35-28-21-20-26(22-30(28)42(3,38)39)31-34-27-18-14-15-19-29(27)41-31;1-15-9-10-20(16(2)13-15)33-12-6-11-25-23(30)27-26-22-18(14-24)21(34-28-22)17-7-4-5-8-19(17)29-35(3,31)32;1-2/h14-15,18-22,25,35H,4-13,16-17,23-24H2,1-3H3,(H2,33,36,37);4-5,7-10,13,29H,6,11-12H2,1-3H3,(H,26,28)(H2,25,27,30);1-2H2. The number of urea groups is 2. The molecule has 6 aromatic rings. The Balaban J connectivity index is 0.000000335. The molecule has 0 saturated heterocycles. The molecule has 0 aliphatic heterocycles. The molecule has 6 rings (SSSR count). The van der Waals surface area contributed by atoms with Crippen molar-refractivity contribution >= 4 is 82.2 Å². The first-order chi connectivity index (χ1) is 38.0. The summed E-state index contributed by atoms with van der Waals surface area (Å²) in [4.78, 5) is 29.7. The Kier molecular flexibility index (Phi) is 28.1. The number of sulfonamides is 1. The SMILES string of the molecule is C=C.CCCCCCCCC(CCCCCC)COCNC(=O)NNc1ccc(-c2nc3ccccc3s2)cc1S(C)(=O)=O.Cc1ccc(OCCCNC(=O)NNc2nsc(-c3ccccc3NS(C)(=O)=O)c2C#N)c(C)c1. The van der Waals surface area contributed by atoms with Gasteiger partial charge < -0.3 is 20.1 Å².